The Morgan fingerprint density at radius 2 is 2.05 bits per heavy atom. The zero-order valence-corrected chi connectivity index (χ0v) is 11.9. The van der Waals surface area contributed by atoms with E-state index in [4.69, 9.17) is 10.5 Å². The molecule has 0 aromatic heterocycles. The largest absolute Gasteiger partial charge is 0.493 e. The molecule has 0 aliphatic carbocycles. The summed E-state index contributed by atoms with van der Waals surface area (Å²) in [5, 5.41) is 0. The van der Waals surface area contributed by atoms with Crippen molar-refractivity contribution in [1.82, 2.24) is 0 Å². The van der Waals surface area contributed by atoms with E-state index in [1.165, 1.54) is 22.3 Å². The molecule has 2 aromatic rings. The zero-order valence-electron chi connectivity index (χ0n) is 11.9. The van der Waals surface area contributed by atoms with E-state index in [0.717, 1.165) is 31.6 Å². The molecular formula is C18H21NO. The number of rotatable bonds is 4. The van der Waals surface area contributed by atoms with Gasteiger partial charge in [-0.3, -0.25) is 0 Å². The van der Waals surface area contributed by atoms with Crippen molar-refractivity contribution in [2.75, 3.05) is 6.61 Å². The lowest BCUT2D eigenvalue weighted by molar-refractivity contribution is 0.357. The highest BCUT2D eigenvalue weighted by molar-refractivity contribution is 5.40. The average Bonchev–Trinajstić information content (AvgIpc) is 2.92. The third-order valence-electron chi connectivity index (χ3n) is 4.09. The molecule has 1 atom stereocenters. The Bertz CT molecular complexity index is 606. The Balaban J connectivity index is 1.66. The van der Waals surface area contributed by atoms with Crippen LogP contribution in [0.3, 0.4) is 0 Å². The standard InChI is InChI=1S/C18H21NO/c1-13-4-2-3-5-16(13)17(19)8-6-14-7-9-18-15(12-14)10-11-20-18/h2-5,7,9,12,17H,6,8,10-11,19H2,1H3. The van der Waals surface area contributed by atoms with E-state index in [9.17, 15) is 0 Å². The molecule has 1 aliphatic rings. The number of benzene rings is 2. The average molecular weight is 267 g/mol. The number of hydrogen-bond acceptors (Lipinski definition) is 2. The van der Waals surface area contributed by atoms with Gasteiger partial charge < -0.3 is 10.5 Å². The van der Waals surface area contributed by atoms with Gasteiger partial charge in [-0.15, -0.1) is 0 Å². The number of hydrogen-bond donors (Lipinski definition) is 1. The minimum Gasteiger partial charge on any atom is -0.493 e. The summed E-state index contributed by atoms with van der Waals surface area (Å²) in [5.74, 6) is 1.05. The second-order valence-electron chi connectivity index (χ2n) is 5.54. The van der Waals surface area contributed by atoms with Crippen LogP contribution in [0.25, 0.3) is 0 Å². The van der Waals surface area contributed by atoms with Crippen molar-refractivity contribution in [2.45, 2.75) is 32.2 Å². The molecule has 0 bridgehead atoms. The summed E-state index contributed by atoms with van der Waals surface area (Å²) in [6.07, 6.45) is 3.03. The lowest BCUT2D eigenvalue weighted by Gasteiger charge is -2.14. The van der Waals surface area contributed by atoms with Crippen LogP contribution in [-0.4, -0.2) is 6.61 Å². The fourth-order valence-electron chi connectivity index (χ4n) is 2.88. The van der Waals surface area contributed by atoms with Gasteiger partial charge in [0.05, 0.1) is 6.61 Å². The third kappa shape index (κ3) is 2.70. The molecule has 1 unspecified atom stereocenters. The summed E-state index contributed by atoms with van der Waals surface area (Å²) in [4.78, 5) is 0. The van der Waals surface area contributed by atoms with Crippen LogP contribution >= 0.6 is 0 Å². The molecule has 20 heavy (non-hydrogen) atoms. The van der Waals surface area contributed by atoms with E-state index in [2.05, 4.69) is 49.4 Å². The molecule has 1 aliphatic heterocycles. The Morgan fingerprint density at radius 3 is 2.90 bits per heavy atom. The third-order valence-corrected chi connectivity index (χ3v) is 4.09. The smallest absolute Gasteiger partial charge is 0.122 e. The van der Waals surface area contributed by atoms with Gasteiger partial charge in [-0.25, -0.2) is 0 Å². The minimum atomic E-state index is 0.112. The van der Waals surface area contributed by atoms with Gasteiger partial charge in [0, 0.05) is 12.5 Å². The lowest BCUT2D eigenvalue weighted by atomic mass is 9.95. The summed E-state index contributed by atoms with van der Waals surface area (Å²) in [5.41, 5.74) is 11.6. The molecule has 3 rings (SSSR count). The lowest BCUT2D eigenvalue weighted by Crippen LogP contribution is -2.12. The highest BCUT2D eigenvalue weighted by Gasteiger charge is 2.13. The number of fused-ring (bicyclic) bond motifs is 1. The fraction of sp³-hybridized carbons (Fsp3) is 0.333. The maximum atomic E-state index is 6.33. The Hall–Kier alpha value is -1.80. The summed E-state index contributed by atoms with van der Waals surface area (Å²) >= 11 is 0. The molecule has 0 radical (unpaired) electrons. The van der Waals surface area contributed by atoms with Crippen molar-refractivity contribution in [3.05, 3.63) is 64.7 Å². The molecule has 0 spiro atoms. The van der Waals surface area contributed by atoms with E-state index < -0.39 is 0 Å². The highest BCUT2D eigenvalue weighted by Crippen LogP contribution is 2.27. The SMILES string of the molecule is Cc1ccccc1C(N)CCc1ccc2c(c1)CCO2. The van der Waals surface area contributed by atoms with Gasteiger partial charge in [-0.2, -0.15) is 0 Å². The van der Waals surface area contributed by atoms with E-state index in [1.807, 2.05) is 0 Å². The molecular weight excluding hydrogens is 246 g/mol. The first kappa shape index (κ1) is 13.2. The summed E-state index contributed by atoms with van der Waals surface area (Å²) < 4.78 is 5.54. The fourth-order valence-corrected chi connectivity index (χ4v) is 2.88. The summed E-state index contributed by atoms with van der Waals surface area (Å²) in [6.45, 7) is 2.95. The first-order valence-corrected chi connectivity index (χ1v) is 7.30. The predicted molar refractivity (Wildman–Crippen MR) is 82.1 cm³/mol. The number of aryl methyl sites for hydroxylation is 2. The van der Waals surface area contributed by atoms with E-state index in [0.29, 0.717) is 0 Å². The van der Waals surface area contributed by atoms with Gasteiger partial charge >= 0.3 is 0 Å². The summed E-state index contributed by atoms with van der Waals surface area (Å²) in [6, 6.07) is 15.0. The van der Waals surface area contributed by atoms with Crippen LogP contribution in [0.5, 0.6) is 5.75 Å². The zero-order chi connectivity index (χ0) is 13.9. The highest BCUT2D eigenvalue weighted by atomic mass is 16.5. The molecule has 2 heteroatoms. The first-order chi connectivity index (χ1) is 9.74. The van der Waals surface area contributed by atoms with Gasteiger partial charge in [-0.05, 0) is 48.1 Å². The number of nitrogens with two attached hydrogens (primary N) is 1. The van der Waals surface area contributed by atoms with Gasteiger partial charge in [0.25, 0.3) is 0 Å². The van der Waals surface area contributed by atoms with Crippen molar-refractivity contribution >= 4 is 0 Å². The van der Waals surface area contributed by atoms with Crippen LogP contribution in [0.4, 0.5) is 0 Å². The molecule has 1 heterocycles. The molecule has 0 amide bonds. The Kier molecular flexibility index (Phi) is 3.75. The predicted octanol–water partition coefficient (Wildman–Crippen LogP) is 3.56. The van der Waals surface area contributed by atoms with E-state index in [1.54, 1.807) is 0 Å². The van der Waals surface area contributed by atoms with Crippen molar-refractivity contribution < 1.29 is 4.74 Å². The quantitative estimate of drug-likeness (QED) is 0.919. The van der Waals surface area contributed by atoms with Crippen molar-refractivity contribution in [1.29, 1.82) is 0 Å². The number of ether oxygens (including phenoxy) is 1. The van der Waals surface area contributed by atoms with Crippen molar-refractivity contribution in [3.8, 4) is 5.75 Å². The first-order valence-electron chi connectivity index (χ1n) is 7.30. The Labute approximate surface area is 120 Å². The van der Waals surface area contributed by atoms with Crippen LogP contribution in [0.1, 0.15) is 34.7 Å². The molecule has 104 valence electrons. The van der Waals surface area contributed by atoms with Crippen LogP contribution in [0.2, 0.25) is 0 Å². The second-order valence-corrected chi connectivity index (χ2v) is 5.54. The van der Waals surface area contributed by atoms with Crippen LogP contribution in [0.15, 0.2) is 42.5 Å². The van der Waals surface area contributed by atoms with Crippen molar-refractivity contribution in [2.24, 2.45) is 5.73 Å². The van der Waals surface area contributed by atoms with Gasteiger partial charge in [0.15, 0.2) is 0 Å². The minimum absolute atomic E-state index is 0.112. The molecule has 0 fully saturated rings. The van der Waals surface area contributed by atoms with Gasteiger partial charge in [-0.1, -0.05) is 36.4 Å². The monoisotopic (exact) mass is 267 g/mol. The maximum Gasteiger partial charge on any atom is 0.122 e. The topological polar surface area (TPSA) is 35.2 Å². The van der Waals surface area contributed by atoms with Gasteiger partial charge in [0.2, 0.25) is 0 Å². The molecule has 2 aromatic carbocycles. The van der Waals surface area contributed by atoms with E-state index >= 15 is 0 Å². The van der Waals surface area contributed by atoms with E-state index in [-0.39, 0.29) is 6.04 Å². The normalized spacial score (nSPS) is 14.7. The molecule has 0 saturated heterocycles. The van der Waals surface area contributed by atoms with Crippen molar-refractivity contribution in [3.63, 3.8) is 0 Å². The molecule has 0 saturated carbocycles. The van der Waals surface area contributed by atoms with Crippen LogP contribution in [-0.2, 0) is 12.8 Å². The Morgan fingerprint density at radius 1 is 1.20 bits per heavy atom. The van der Waals surface area contributed by atoms with Crippen LogP contribution in [0, 0.1) is 6.92 Å². The molecule has 2 nitrogen and oxygen atoms in total. The summed E-state index contributed by atoms with van der Waals surface area (Å²) in [7, 11) is 0. The molecule has 2 N–H and O–H groups in total. The maximum absolute atomic E-state index is 6.33. The van der Waals surface area contributed by atoms with Gasteiger partial charge in [0.1, 0.15) is 5.75 Å². The van der Waals surface area contributed by atoms with Crippen LogP contribution < -0.4 is 10.5 Å². The second kappa shape index (κ2) is 5.68.